The van der Waals surface area contributed by atoms with Crippen LogP contribution < -0.4 is 9.47 Å². The van der Waals surface area contributed by atoms with E-state index in [4.69, 9.17) is 4.74 Å². The number of carboxylic acids is 1. The molecule has 6 nitrogen and oxygen atoms in total. The van der Waals surface area contributed by atoms with Gasteiger partial charge in [-0.05, 0) is 79.5 Å². The molecule has 49 heavy (non-hydrogen) atoms. The number of nitrogens with zero attached hydrogens (tertiary/aromatic N) is 2. The highest BCUT2D eigenvalue weighted by Crippen LogP contribution is 2.23. The van der Waals surface area contributed by atoms with Gasteiger partial charge in [0.1, 0.15) is 13.0 Å². The number of para-hydroxylation sites is 1. The zero-order chi connectivity index (χ0) is 35.8. The van der Waals surface area contributed by atoms with Crippen LogP contribution in [0, 0.1) is 17.8 Å². The van der Waals surface area contributed by atoms with E-state index in [0.717, 1.165) is 52.5 Å². The van der Waals surface area contributed by atoms with Gasteiger partial charge in [-0.1, -0.05) is 102 Å². The SMILES string of the molecule is C/C(=C\COC(=O)C(CC(=O)O)[n+]1c(/C=C/c2ccc(N(C)C)cc2)ccc2ccccc21)CCCC(C)CCCC(C)CCCC(C)C. The zero-order valence-electron chi connectivity index (χ0n) is 31.2. The lowest BCUT2D eigenvalue weighted by Gasteiger charge is -2.15. The first kappa shape index (κ1) is 39.5. The fourth-order valence-corrected chi connectivity index (χ4v) is 6.41. The Hall–Kier alpha value is -3.93. The maximum Gasteiger partial charge on any atom is 0.376 e. The Morgan fingerprint density at radius 3 is 2.08 bits per heavy atom. The first-order valence-corrected chi connectivity index (χ1v) is 18.4. The summed E-state index contributed by atoms with van der Waals surface area (Å²) < 4.78 is 7.55. The van der Waals surface area contributed by atoms with Crippen molar-refractivity contribution in [3.05, 3.63) is 83.6 Å². The third kappa shape index (κ3) is 13.8. The van der Waals surface area contributed by atoms with Crippen molar-refractivity contribution >= 4 is 40.7 Å². The third-order valence-electron chi connectivity index (χ3n) is 9.51. The minimum Gasteiger partial charge on any atom is -0.481 e. The van der Waals surface area contributed by atoms with Gasteiger partial charge in [0.25, 0.3) is 6.04 Å². The van der Waals surface area contributed by atoms with Crippen LogP contribution in [-0.2, 0) is 14.3 Å². The molecule has 0 amide bonds. The Balaban J connectivity index is 1.61. The fourth-order valence-electron chi connectivity index (χ4n) is 6.41. The Kier molecular flexibility index (Phi) is 16.6. The van der Waals surface area contributed by atoms with Gasteiger partial charge in [-0.15, -0.1) is 0 Å². The van der Waals surface area contributed by atoms with Crippen molar-refractivity contribution in [1.82, 2.24) is 0 Å². The number of hydrogen-bond donors (Lipinski definition) is 1. The lowest BCUT2D eigenvalue weighted by Crippen LogP contribution is -2.48. The molecular formula is C43H61N2O4+. The minimum atomic E-state index is -1.06. The summed E-state index contributed by atoms with van der Waals surface area (Å²) in [5, 5.41) is 10.8. The van der Waals surface area contributed by atoms with E-state index in [-0.39, 0.29) is 13.0 Å². The molecule has 2 aromatic carbocycles. The van der Waals surface area contributed by atoms with Crippen LogP contribution in [0.1, 0.15) is 116 Å². The molecule has 0 aliphatic heterocycles. The molecule has 1 heterocycles. The average molecular weight is 670 g/mol. The number of pyridine rings is 1. The highest BCUT2D eigenvalue weighted by molar-refractivity contribution is 5.82. The second kappa shape index (κ2) is 20.6. The number of anilines is 1. The van der Waals surface area contributed by atoms with Crippen molar-refractivity contribution in [2.75, 3.05) is 25.6 Å². The van der Waals surface area contributed by atoms with E-state index in [9.17, 15) is 14.7 Å². The molecule has 3 atom stereocenters. The summed E-state index contributed by atoms with van der Waals surface area (Å²) >= 11 is 0. The number of hydrogen-bond acceptors (Lipinski definition) is 4. The van der Waals surface area contributed by atoms with E-state index < -0.39 is 18.0 Å². The number of carboxylic acid groups (broad SMARTS) is 1. The van der Waals surface area contributed by atoms with Gasteiger partial charge in [-0.2, -0.15) is 4.57 Å². The largest absolute Gasteiger partial charge is 0.481 e. The number of carbonyl (C=O) groups is 2. The van der Waals surface area contributed by atoms with Crippen LogP contribution in [0.15, 0.2) is 72.3 Å². The number of fused-ring (bicyclic) bond motifs is 1. The van der Waals surface area contributed by atoms with Crippen molar-refractivity contribution in [2.45, 2.75) is 105 Å². The van der Waals surface area contributed by atoms with E-state index in [2.05, 4.69) is 34.6 Å². The van der Waals surface area contributed by atoms with Crippen LogP contribution in [0.25, 0.3) is 23.1 Å². The standard InChI is InChI=1S/C43H60N2O4/c1-32(2)13-10-14-33(3)15-11-16-34(4)17-12-18-35(5)29-30-49-43(48)41(31-42(46)47)45-39(28-24-37-19-8-9-20-40(37)45)27-23-36-21-25-38(26-22-36)44(6)7/h8-9,19-29,32-34,41H,10-18,30-31H2,1-7H3/p+1/b35-29+. The van der Waals surface area contributed by atoms with E-state index in [1.54, 1.807) is 4.57 Å². The number of aromatic nitrogens is 1. The molecule has 0 aliphatic carbocycles. The van der Waals surface area contributed by atoms with E-state index in [0.29, 0.717) is 5.92 Å². The molecule has 0 saturated heterocycles. The van der Waals surface area contributed by atoms with Gasteiger partial charge in [-0.3, -0.25) is 4.79 Å². The summed E-state index contributed by atoms with van der Waals surface area (Å²) in [4.78, 5) is 27.7. The predicted molar refractivity (Wildman–Crippen MR) is 205 cm³/mol. The van der Waals surface area contributed by atoms with Crippen LogP contribution in [-0.4, -0.2) is 37.7 Å². The normalized spacial score (nSPS) is 13.9. The number of ether oxygens (including phenoxy) is 1. The van der Waals surface area contributed by atoms with Crippen LogP contribution in [0.4, 0.5) is 5.69 Å². The molecule has 1 aromatic heterocycles. The van der Waals surface area contributed by atoms with E-state index in [1.165, 1.54) is 50.5 Å². The molecule has 0 aliphatic rings. The fraction of sp³-hybridized carbons (Fsp3) is 0.512. The smallest absolute Gasteiger partial charge is 0.376 e. The topological polar surface area (TPSA) is 70.7 Å². The highest BCUT2D eigenvalue weighted by atomic mass is 16.5. The predicted octanol–water partition coefficient (Wildman–Crippen LogP) is 10.3. The Bertz CT molecular complexity index is 1520. The number of carbonyl (C=O) groups excluding carboxylic acids is 1. The van der Waals surface area contributed by atoms with Crippen LogP contribution in [0.3, 0.4) is 0 Å². The van der Waals surface area contributed by atoms with Crippen molar-refractivity contribution in [2.24, 2.45) is 17.8 Å². The molecule has 0 bridgehead atoms. The summed E-state index contributed by atoms with van der Waals surface area (Å²) in [5.41, 5.74) is 4.79. The average Bonchev–Trinajstić information content (AvgIpc) is 3.06. The molecule has 3 rings (SSSR count). The van der Waals surface area contributed by atoms with Crippen LogP contribution in [0.2, 0.25) is 0 Å². The molecule has 0 spiro atoms. The quantitative estimate of drug-likeness (QED) is 0.0694. The minimum absolute atomic E-state index is 0.125. The number of esters is 1. The van der Waals surface area contributed by atoms with Gasteiger partial charge < -0.3 is 14.7 Å². The molecular weight excluding hydrogens is 608 g/mol. The van der Waals surface area contributed by atoms with Crippen molar-refractivity contribution in [3.63, 3.8) is 0 Å². The van der Waals surface area contributed by atoms with Crippen LogP contribution >= 0.6 is 0 Å². The van der Waals surface area contributed by atoms with Crippen molar-refractivity contribution in [3.8, 4) is 0 Å². The monoisotopic (exact) mass is 669 g/mol. The van der Waals surface area contributed by atoms with Gasteiger partial charge in [0.2, 0.25) is 11.2 Å². The second-order valence-electron chi connectivity index (χ2n) is 14.7. The number of aliphatic carboxylic acids is 1. The zero-order valence-corrected chi connectivity index (χ0v) is 31.2. The number of allylic oxidation sites excluding steroid dienone is 1. The van der Waals surface area contributed by atoms with E-state index >= 15 is 0 Å². The van der Waals surface area contributed by atoms with Crippen molar-refractivity contribution < 1.29 is 24.0 Å². The summed E-state index contributed by atoms with van der Waals surface area (Å²) in [6.45, 7) is 11.6. The Morgan fingerprint density at radius 2 is 1.45 bits per heavy atom. The maximum atomic E-state index is 13.6. The first-order chi connectivity index (χ1) is 23.4. The molecule has 1 N–H and O–H groups in total. The first-order valence-electron chi connectivity index (χ1n) is 18.4. The lowest BCUT2D eigenvalue weighted by atomic mass is 9.91. The molecule has 266 valence electrons. The van der Waals surface area contributed by atoms with Gasteiger partial charge in [-0.25, -0.2) is 4.79 Å². The molecule has 0 saturated carbocycles. The molecule has 3 aromatic rings. The molecule has 6 heteroatoms. The summed E-state index contributed by atoms with van der Waals surface area (Å²) in [7, 11) is 4.00. The lowest BCUT2D eigenvalue weighted by molar-refractivity contribution is -0.686. The van der Waals surface area contributed by atoms with Crippen molar-refractivity contribution in [1.29, 1.82) is 0 Å². The summed E-state index contributed by atoms with van der Waals surface area (Å²) in [5.74, 6) is 0.729. The molecule has 3 unspecified atom stereocenters. The van der Waals surface area contributed by atoms with Crippen LogP contribution in [0.5, 0.6) is 0 Å². The van der Waals surface area contributed by atoms with Gasteiger partial charge in [0, 0.05) is 43.4 Å². The summed E-state index contributed by atoms with van der Waals surface area (Å²) in [6, 6.07) is 18.8. The van der Waals surface area contributed by atoms with Gasteiger partial charge in [0.05, 0.1) is 0 Å². The Labute approximate surface area is 295 Å². The third-order valence-corrected chi connectivity index (χ3v) is 9.51. The maximum absolute atomic E-state index is 13.6. The molecule has 0 radical (unpaired) electrons. The van der Waals surface area contributed by atoms with Gasteiger partial charge in [0.15, 0.2) is 0 Å². The highest BCUT2D eigenvalue weighted by Gasteiger charge is 2.35. The number of rotatable bonds is 21. The van der Waals surface area contributed by atoms with Gasteiger partial charge >= 0.3 is 11.9 Å². The summed E-state index contributed by atoms with van der Waals surface area (Å²) in [6.07, 6.45) is 16.7. The Morgan fingerprint density at radius 1 is 0.816 bits per heavy atom. The number of benzene rings is 2. The second-order valence-corrected chi connectivity index (χ2v) is 14.7. The molecule has 0 fully saturated rings. The van der Waals surface area contributed by atoms with E-state index in [1.807, 2.05) is 97.9 Å².